The Morgan fingerprint density at radius 1 is 1.26 bits per heavy atom. The molecule has 2 heteroatoms. The highest BCUT2D eigenvalue weighted by atomic mass is 15.2. The minimum Gasteiger partial charge on any atom is -0.308 e. The van der Waals surface area contributed by atoms with Gasteiger partial charge in [-0.2, -0.15) is 0 Å². The lowest BCUT2D eigenvalue weighted by atomic mass is 9.98. The summed E-state index contributed by atoms with van der Waals surface area (Å²) in [6, 6.07) is 11.4. The van der Waals surface area contributed by atoms with Crippen LogP contribution in [0.3, 0.4) is 0 Å². The van der Waals surface area contributed by atoms with Crippen molar-refractivity contribution in [3.05, 3.63) is 35.9 Å². The van der Waals surface area contributed by atoms with Crippen molar-refractivity contribution in [2.24, 2.45) is 5.41 Å². The Morgan fingerprint density at radius 2 is 2.05 bits per heavy atom. The molecule has 3 rings (SSSR count). The second-order valence-corrected chi connectivity index (χ2v) is 6.40. The molecule has 104 valence electrons. The predicted octanol–water partition coefficient (Wildman–Crippen LogP) is 3.21. The van der Waals surface area contributed by atoms with Crippen molar-refractivity contribution in [3.8, 4) is 0 Å². The number of nitrogens with one attached hydrogen (secondary N) is 1. The van der Waals surface area contributed by atoms with Gasteiger partial charge in [0.05, 0.1) is 0 Å². The van der Waals surface area contributed by atoms with Gasteiger partial charge < -0.3 is 5.32 Å². The SMILES string of the molecule is CCCC1(CN2CCNC(c3ccccc3)C2)CC1. The fourth-order valence-corrected chi connectivity index (χ4v) is 3.53. The summed E-state index contributed by atoms with van der Waals surface area (Å²) >= 11 is 0. The molecule has 1 saturated carbocycles. The highest BCUT2D eigenvalue weighted by Gasteiger charge is 2.43. The molecule has 2 nitrogen and oxygen atoms in total. The first-order valence-corrected chi connectivity index (χ1v) is 7.82. The van der Waals surface area contributed by atoms with Gasteiger partial charge in [-0.15, -0.1) is 0 Å². The molecule has 1 aromatic rings. The molecule has 1 aliphatic carbocycles. The fraction of sp³-hybridized carbons (Fsp3) is 0.647. The molecule has 1 heterocycles. The maximum atomic E-state index is 3.66. The molecule has 2 aliphatic rings. The number of nitrogens with zero attached hydrogens (tertiary/aromatic N) is 1. The van der Waals surface area contributed by atoms with Gasteiger partial charge in [0.25, 0.3) is 0 Å². The standard InChI is InChI=1S/C17H26N2/c1-2-8-17(9-10-17)14-19-12-11-18-16(13-19)15-6-4-3-5-7-15/h3-7,16,18H,2,8-14H2,1H3. The van der Waals surface area contributed by atoms with Crippen LogP contribution in [0, 0.1) is 5.41 Å². The van der Waals surface area contributed by atoms with Crippen molar-refractivity contribution in [2.75, 3.05) is 26.2 Å². The van der Waals surface area contributed by atoms with Crippen LogP contribution in [0.2, 0.25) is 0 Å². The van der Waals surface area contributed by atoms with E-state index in [1.165, 1.54) is 50.9 Å². The zero-order valence-corrected chi connectivity index (χ0v) is 12.1. The van der Waals surface area contributed by atoms with Crippen LogP contribution in [0.1, 0.15) is 44.2 Å². The average Bonchev–Trinajstić information content (AvgIpc) is 3.20. The van der Waals surface area contributed by atoms with E-state index < -0.39 is 0 Å². The summed E-state index contributed by atoms with van der Waals surface area (Å²) < 4.78 is 0. The fourth-order valence-electron chi connectivity index (χ4n) is 3.53. The van der Waals surface area contributed by atoms with E-state index >= 15 is 0 Å². The Balaban J connectivity index is 1.59. The van der Waals surface area contributed by atoms with Crippen LogP contribution in [0.4, 0.5) is 0 Å². The molecule has 1 unspecified atom stereocenters. The Kier molecular flexibility index (Phi) is 3.90. The summed E-state index contributed by atoms with van der Waals surface area (Å²) in [7, 11) is 0. The van der Waals surface area contributed by atoms with Crippen molar-refractivity contribution in [1.29, 1.82) is 0 Å². The minimum absolute atomic E-state index is 0.521. The first-order chi connectivity index (χ1) is 9.31. The topological polar surface area (TPSA) is 15.3 Å². The number of piperazine rings is 1. The molecule has 1 N–H and O–H groups in total. The zero-order valence-electron chi connectivity index (χ0n) is 12.1. The lowest BCUT2D eigenvalue weighted by molar-refractivity contribution is 0.161. The number of rotatable bonds is 5. The van der Waals surface area contributed by atoms with Crippen molar-refractivity contribution in [3.63, 3.8) is 0 Å². The van der Waals surface area contributed by atoms with Crippen LogP contribution in [0.5, 0.6) is 0 Å². The molecular formula is C17H26N2. The van der Waals surface area contributed by atoms with Crippen molar-refractivity contribution < 1.29 is 0 Å². The highest BCUT2D eigenvalue weighted by molar-refractivity contribution is 5.19. The van der Waals surface area contributed by atoms with E-state index in [9.17, 15) is 0 Å². The highest BCUT2D eigenvalue weighted by Crippen LogP contribution is 2.50. The van der Waals surface area contributed by atoms with Gasteiger partial charge in [-0.05, 0) is 30.2 Å². The molecule has 1 aromatic carbocycles. The third kappa shape index (κ3) is 3.18. The van der Waals surface area contributed by atoms with Gasteiger partial charge in [-0.25, -0.2) is 0 Å². The van der Waals surface area contributed by atoms with Crippen LogP contribution >= 0.6 is 0 Å². The number of hydrogen-bond donors (Lipinski definition) is 1. The molecule has 1 saturated heterocycles. The van der Waals surface area contributed by atoms with E-state index in [0.717, 1.165) is 6.54 Å². The molecule has 0 bridgehead atoms. The molecule has 2 fully saturated rings. The minimum atomic E-state index is 0.521. The van der Waals surface area contributed by atoms with Gasteiger partial charge in [0.15, 0.2) is 0 Å². The molecular weight excluding hydrogens is 232 g/mol. The monoisotopic (exact) mass is 258 g/mol. The molecule has 1 aliphatic heterocycles. The molecule has 0 spiro atoms. The number of benzene rings is 1. The van der Waals surface area contributed by atoms with E-state index in [1.807, 2.05) is 0 Å². The molecule has 1 atom stereocenters. The van der Waals surface area contributed by atoms with E-state index in [-0.39, 0.29) is 0 Å². The second kappa shape index (κ2) is 5.64. The molecule has 0 amide bonds. The summed E-state index contributed by atoms with van der Waals surface area (Å²) in [5, 5.41) is 3.66. The van der Waals surface area contributed by atoms with Crippen LogP contribution in [0.25, 0.3) is 0 Å². The van der Waals surface area contributed by atoms with Crippen molar-refractivity contribution in [2.45, 2.75) is 38.6 Å². The van der Waals surface area contributed by atoms with Gasteiger partial charge in [0, 0.05) is 32.2 Å². The zero-order chi connectivity index (χ0) is 13.1. The molecule has 0 radical (unpaired) electrons. The normalized spacial score (nSPS) is 26.3. The lowest BCUT2D eigenvalue weighted by Crippen LogP contribution is -2.47. The molecule has 0 aromatic heterocycles. The number of hydrogen-bond acceptors (Lipinski definition) is 2. The Morgan fingerprint density at radius 3 is 2.74 bits per heavy atom. The van der Waals surface area contributed by atoms with E-state index in [4.69, 9.17) is 0 Å². The third-order valence-electron chi connectivity index (χ3n) is 4.76. The Labute approximate surface area is 117 Å². The second-order valence-electron chi connectivity index (χ2n) is 6.40. The maximum Gasteiger partial charge on any atom is 0.0449 e. The van der Waals surface area contributed by atoms with Crippen molar-refractivity contribution in [1.82, 2.24) is 10.2 Å². The average molecular weight is 258 g/mol. The van der Waals surface area contributed by atoms with Crippen LogP contribution in [-0.2, 0) is 0 Å². The van der Waals surface area contributed by atoms with E-state index in [1.54, 1.807) is 0 Å². The summed E-state index contributed by atoms with van der Waals surface area (Å²) in [6.45, 7) is 7.17. The van der Waals surface area contributed by atoms with Gasteiger partial charge >= 0.3 is 0 Å². The van der Waals surface area contributed by atoms with Crippen molar-refractivity contribution >= 4 is 0 Å². The van der Waals surface area contributed by atoms with Crippen LogP contribution in [0.15, 0.2) is 30.3 Å². The van der Waals surface area contributed by atoms with E-state index in [2.05, 4.69) is 47.5 Å². The van der Waals surface area contributed by atoms with Crippen LogP contribution in [-0.4, -0.2) is 31.1 Å². The predicted molar refractivity (Wildman–Crippen MR) is 80.2 cm³/mol. The lowest BCUT2D eigenvalue weighted by Gasteiger charge is -2.36. The van der Waals surface area contributed by atoms with Gasteiger partial charge in [0.1, 0.15) is 0 Å². The summed E-state index contributed by atoms with van der Waals surface area (Å²) in [5.41, 5.74) is 2.13. The summed E-state index contributed by atoms with van der Waals surface area (Å²) in [6.07, 6.45) is 5.68. The Hall–Kier alpha value is -0.860. The van der Waals surface area contributed by atoms with Crippen LogP contribution < -0.4 is 5.32 Å². The Bertz CT molecular complexity index is 397. The smallest absolute Gasteiger partial charge is 0.0449 e. The molecule has 19 heavy (non-hydrogen) atoms. The summed E-state index contributed by atoms with van der Waals surface area (Å²) in [5.74, 6) is 0. The first kappa shape index (κ1) is 13.1. The van der Waals surface area contributed by atoms with Gasteiger partial charge in [-0.1, -0.05) is 43.7 Å². The summed E-state index contributed by atoms with van der Waals surface area (Å²) in [4.78, 5) is 2.69. The van der Waals surface area contributed by atoms with Gasteiger partial charge in [-0.3, -0.25) is 4.90 Å². The first-order valence-electron chi connectivity index (χ1n) is 7.82. The largest absolute Gasteiger partial charge is 0.308 e. The van der Waals surface area contributed by atoms with E-state index in [0.29, 0.717) is 11.5 Å². The quantitative estimate of drug-likeness (QED) is 0.872. The van der Waals surface area contributed by atoms with Gasteiger partial charge in [0.2, 0.25) is 0 Å². The maximum absolute atomic E-state index is 3.66. The third-order valence-corrected chi connectivity index (χ3v) is 4.76.